The number of aryl methyl sites for hydroxylation is 1. The summed E-state index contributed by atoms with van der Waals surface area (Å²) in [7, 11) is 1.65. The van der Waals surface area contributed by atoms with Gasteiger partial charge in [-0.25, -0.2) is 4.98 Å². The van der Waals surface area contributed by atoms with Gasteiger partial charge in [0.2, 0.25) is 0 Å². The molecule has 25 heavy (non-hydrogen) atoms. The molecule has 1 aromatic carbocycles. The fourth-order valence-corrected chi connectivity index (χ4v) is 2.87. The van der Waals surface area contributed by atoms with Crippen LogP contribution >= 0.6 is 0 Å². The smallest absolute Gasteiger partial charge is 0.254 e. The molecule has 0 aliphatic carbocycles. The summed E-state index contributed by atoms with van der Waals surface area (Å²) in [5, 5.41) is 7.77. The van der Waals surface area contributed by atoms with E-state index in [0.717, 1.165) is 40.6 Å². The van der Waals surface area contributed by atoms with Crippen LogP contribution < -0.4 is 14.8 Å². The Morgan fingerprint density at radius 2 is 2.04 bits per heavy atom. The van der Waals surface area contributed by atoms with Gasteiger partial charge in [0.15, 0.2) is 11.5 Å². The first kappa shape index (κ1) is 17.0. The van der Waals surface area contributed by atoms with Crippen molar-refractivity contribution < 1.29 is 9.47 Å². The zero-order valence-electron chi connectivity index (χ0n) is 15.0. The minimum Gasteiger partial charge on any atom is -0.493 e. The van der Waals surface area contributed by atoms with Gasteiger partial charge in [0.05, 0.1) is 13.7 Å². The summed E-state index contributed by atoms with van der Waals surface area (Å²) in [5.41, 5.74) is 3.19. The highest BCUT2D eigenvalue weighted by Gasteiger charge is 2.13. The van der Waals surface area contributed by atoms with E-state index in [2.05, 4.69) is 27.3 Å². The number of aromatic nitrogens is 4. The van der Waals surface area contributed by atoms with Gasteiger partial charge < -0.3 is 14.8 Å². The van der Waals surface area contributed by atoms with Crippen molar-refractivity contribution in [3.05, 3.63) is 41.3 Å². The molecule has 2 heterocycles. The monoisotopic (exact) mass is 341 g/mol. The van der Waals surface area contributed by atoms with Crippen molar-refractivity contribution in [2.45, 2.75) is 33.7 Å². The Hall–Kier alpha value is -2.83. The molecule has 0 aliphatic heterocycles. The van der Waals surface area contributed by atoms with Crippen LogP contribution in [0.15, 0.2) is 24.5 Å². The first-order valence-electron chi connectivity index (χ1n) is 8.40. The summed E-state index contributed by atoms with van der Waals surface area (Å²) < 4.78 is 12.7. The largest absolute Gasteiger partial charge is 0.493 e. The third-order valence-electron chi connectivity index (χ3n) is 4.07. The predicted octanol–water partition coefficient (Wildman–Crippen LogP) is 3.01. The zero-order chi connectivity index (χ0) is 17.8. The number of nitrogens with zero attached hydrogens (tertiary/aromatic N) is 4. The second-order valence-electron chi connectivity index (χ2n) is 5.62. The molecule has 7 nitrogen and oxygen atoms in total. The lowest BCUT2D eigenvalue weighted by atomic mass is 10.1. The maximum atomic E-state index is 5.57. The molecule has 0 radical (unpaired) electrons. The predicted molar refractivity (Wildman–Crippen MR) is 96.4 cm³/mol. The topological polar surface area (TPSA) is 73.6 Å². The van der Waals surface area contributed by atoms with E-state index in [1.165, 1.54) is 6.33 Å². The Morgan fingerprint density at radius 3 is 2.76 bits per heavy atom. The summed E-state index contributed by atoms with van der Waals surface area (Å²) in [4.78, 5) is 8.69. The molecule has 0 unspecified atom stereocenters. The van der Waals surface area contributed by atoms with Crippen LogP contribution in [-0.2, 0) is 13.0 Å². The van der Waals surface area contributed by atoms with Crippen LogP contribution in [-0.4, -0.2) is 33.3 Å². The number of rotatable bonds is 7. The molecule has 0 spiro atoms. The van der Waals surface area contributed by atoms with Crippen LogP contribution in [0.4, 0.5) is 5.82 Å². The molecule has 1 N–H and O–H groups in total. The van der Waals surface area contributed by atoms with Crippen LogP contribution in [0, 0.1) is 6.92 Å². The van der Waals surface area contributed by atoms with Crippen molar-refractivity contribution >= 4 is 11.6 Å². The fraction of sp³-hybridized carbons (Fsp3) is 0.389. The Morgan fingerprint density at radius 1 is 1.20 bits per heavy atom. The van der Waals surface area contributed by atoms with E-state index >= 15 is 0 Å². The summed E-state index contributed by atoms with van der Waals surface area (Å²) >= 11 is 0. The number of nitrogens with one attached hydrogen (secondary N) is 1. The first-order chi connectivity index (χ1) is 12.2. The van der Waals surface area contributed by atoms with Gasteiger partial charge >= 0.3 is 0 Å². The molecule has 0 bridgehead atoms. The van der Waals surface area contributed by atoms with Crippen LogP contribution in [0.5, 0.6) is 11.5 Å². The molecule has 0 saturated carbocycles. The second-order valence-corrected chi connectivity index (χ2v) is 5.62. The molecule has 0 amide bonds. The fourth-order valence-electron chi connectivity index (χ4n) is 2.87. The lowest BCUT2D eigenvalue weighted by Gasteiger charge is -2.15. The third kappa shape index (κ3) is 3.35. The summed E-state index contributed by atoms with van der Waals surface area (Å²) in [5.74, 6) is 3.01. The normalized spacial score (nSPS) is 10.9. The number of hydrogen-bond acceptors (Lipinski definition) is 6. The van der Waals surface area contributed by atoms with Gasteiger partial charge in [-0.2, -0.15) is 14.6 Å². The first-order valence-corrected chi connectivity index (χ1v) is 8.40. The number of ether oxygens (including phenoxy) is 2. The summed E-state index contributed by atoms with van der Waals surface area (Å²) in [6.07, 6.45) is 2.38. The van der Waals surface area contributed by atoms with Crippen molar-refractivity contribution in [3.63, 3.8) is 0 Å². The molecule has 7 heteroatoms. The second kappa shape index (κ2) is 7.38. The molecule has 3 aromatic rings. The van der Waals surface area contributed by atoms with Gasteiger partial charge in [-0.1, -0.05) is 13.0 Å². The Kier molecular flexibility index (Phi) is 5.02. The van der Waals surface area contributed by atoms with Gasteiger partial charge in [-0.3, -0.25) is 0 Å². The molecule has 2 aromatic heterocycles. The van der Waals surface area contributed by atoms with Crippen LogP contribution in [0.2, 0.25) is 0 Å². The van der Waals surface area contributed by atoms with Gasteiger partial charge in [-0.15, -0.1) is 0 Å². The van der Waals surface area contributed by atoms with E-state index in [0.29, 0.717) is 18.9 Å². The van der Waals surface area contributed by atoms with Gasteiger partial charge in [0, 0.05) is 17.8 Å². The SMILES string of the molecule is CCOc1ccc(CNc2c(CC)c(C)nc3ncnn23)cc1OC. The highest BCUT2D eigenvalue weighted by atomic mass is 16.5. The van der Waals surface area contributed by atoms with E-state index in [9.17, 15) is 0 Å². The molecule has 0 fully saturated rings. The van der Waals surface area contributed by atoms with Crippen LogP contribution in [0.3, 0.4) is 0 Å². The Bertz CT molecular complexity index is 875. The number of anilines is 1. The zero-order valence-corrected chi connectivity index (χ0v) is 15.0. The van der Waals surface area contributed by atoms with Gasteiger partial charge in [0.1, 0.15) is 12.1 Å². The average molecular weight is 341 g/mol. The summed E-state index contributed by atoms with van der Waals surface area (Å²) in [6, 6.07) is 5.94. The quantitative estimate of drug-likeness (QED) is 0.712. The van der Waals surface area contributed by atoms with Crippen molar-refractivity contribution in [1.82, 2.24) is 19.6 Å². The van der Waals surface area contributed by atoms with E-state index < -0.39 is 0 Å². The highest BCUT2D eigenvalue weighted by Crippen LogP contribution is 2.28. The Balaban J connectivity index is 1.89. The van der Waals surface area contributed by atoms with Crippen LogP contribution in [0.25, 0.3) is 5.78 Å². The Labute approximate surface area is 147 Å². The summed E-state index contributed by atoms with van der Waals surface area (Å²) in [6.45, 7) is 7.30. The van der Waals surface area contributed by atoms with E-state index in [4.69, 9.17) is 9.47 Å². The minimum absolute atomic E-state index is 0.599. The molecule has 0 aliphatic rings. The van der Waals surface area contributed by atoms with E-state index in [1.54, 1.807) is 11.6 Å². The van der Waals surface area contributed by atoms with Gasteiger partial charge in [-0.05, 0) is 38.0 Å². The average Bonchev–Trinajstić information content (AvgIpc) is 3.08. The van der Waals surface area contributed by atoms with Crippen molar-refractivity contribution in [2.75, 3.05) is 19.0 Å². The number of hydrogen-bond donors (Lipinski definition) is 1. The van der Waals surface area contributed by atoms with Crippen LogP contribution in [0.1, 0.15) is 30.7 Å². The molecular weight excluding hydrogens is 318 g/mol. The molecular formula is C18H23N5O2. The lowest BCUT2D eigenvalue weighted by Crippen LogP contribution is -2.11. The highest BCUT2D eigenvalue weighted by molar-refractivity contribution is 5.53. The number of fused-ring (bicyclic) bond motifs is 1. The maximum absolute atomic E-state index is 5.57. The van der Waals surface area contributed by atoms with Crippen molar-refractivity contribution in [3.8, 4) is 11.5 Å². The van der Waals surface area contributed by atoms with Crippen molar-refractivity contribution in [2.24, 2.45) is 0 Å². The van der Waals surface area contributed by atoms with Gasteiger partial charge in [0.25, 0.3) is 5.78 Å². The molecule has 0 saturated heterocycles. The maximum Gasteiger partial charge on any atom is 0.254 e. The standard InChI is InChI=1S/C18H23N5O2/c1-5-14-12(3)22-18-20-11-21-23(18)17(14)19-10-13-7-8-15(25-6-2)16(9-13)24-4/h7-9,11,19H,5-6,10H2,1-4H3. The molecule has 3 rings (SSSR count). The molecule has 132 valence electrons. The van der Waals surface area contributed by atoms with E-state index in [1.807, 2.05) is 32.0 Å². The van der Waals surface area contributed by atoms with Crippen molar-refractivity contribution in [1.29, 1.82) is 0 Å². The molecule has 0 atom stereocenters. The minimum atomic E-state index is 0.599. The number of benzene rings is 1. The van der Waals surface area contributed by atoms with E-state index in [-0.39, 0.29) is 0 Å². The lowest BCUT2D eigenvalue weighted by molar-refractivity contribution is 0.310. The third-order valence-corrected chi connectivity index (χ3v) is 4.07. The number of methoxy groups -OCH3 is 1.